The van der Waals surface area contributed by atoms with Crippen LogP contribution in [0, 0.1) is 0 Å². The van der Waals surface area contributed by atoms with Crippen molar-refractivity contribution in [3.8, 4) is 0 Å². The number of hydrogen-bond donors (Lipinski definition) is 3. The fourth-order valence-corrected chi connectivity index (χ4v) is 3.09. The second-order valence-electron chi connectivity index (χ2n) is 5.25. The lowest BCUT2D eigenvalue weighted by Gasteiger charge is -2.40. The first-order valence-corrected chi connectivity index (χ1v) is 8.01. The predicted molar refractivity (Wildman–Crippen MR) is 77.6 cm³/mol. The molecule has 0 aliphatic heterocycles. The molecule has 1 saturated carbocycles. The number of hydrogen-bond acceptors (Lipinski definition) is 3. The first-order chi connectivity index (χ1) is 8.97. The van der Waals surface area contributed by atoms with E-state index in [4.69, 9.17) is 5.11 Å². The zero-order valence-electron chi connectivity index (χ0n) is 11.7. The van der Waals surface area contributed by atoms with E-state index in [-0.39, 0.29) is 23.2 Å². The van der Waals surface area contributed by atoms with Crippen LogP contribution in [-0.2, 0) is 4.79 Å². The largest absolute Gasteiger partial charge is 0.481 e. The number of thioether (sulfide) groups is 1. The highest BCUT2D eigenvalue weighted by Crippen LogP contribution is 2.42. The summed E-state index contributed by atoms with van der Waals surface area (Å²) < 4.78 is 0.240. The first kappa shape index (κ1) is 16.1. The summed E-state index contributed by atoms with van der Waals surface area (Å²) >= 11 is 1.83. The first-order valence-electron chi connectivity index (χ1n) is 6.79. The lowest BCUT2D eigenvalue weighted by Crippen LogP contribution is -2.49. The number of carboxylic acid groups (broad SMARTS) is 1. The van der Waals surface area contributed by atoms with Crippen LogP contribution in [0.4, 0.5) is 4.79 Å². The summed E-state index contributed by atoms with van der Waals surface area (Å²) in [6, 6.07) is -0.144. The molecule has 0 heterocycles. The van der Waals surface area contributed by atoms with E-state index in [0.29, 0.717) is 19.4 Å². The van der Waals surface area contributed by atoms with Crippen LogP contribution in [0.1, 0.15) is 45.4 Å². The van der Waals surface area contributed by atoms with E-state index >= 15 is 0 Å². The summed E-state index contributed by atoms with van der Waals surface area (Å²) in [6.45, 7) is 2.61. The third kappa shape index (κ3) is 5.72. The third-order valence-corrected chi connectivity index (χ3v) is 5.09. The van der Waals surface area contributed by atoms with Crippen molar-refractivity contribution in [2.75, 3.05) is 12.8 Å². The van der Waals surface area contributed by atoms with Crippen molar-refractivity contribution < 1.29 is 14.7 Å². The van der Waals surface area contributed by atoms with Gasteiger partial charge >= 0.3 is 12.0 Å². The molecule has 0 aromatic heterocycles. The standard InChI is InChI=1S/C13H24N2O3S/c1-10(5-3-6-11(16)17)15-12(18)14-9-13(19-2)7-4-8-13/h10H,3-9H2,1-2H3,(H,16,17)(H2,14,15,18). The maximum atomic E-state index is 11.7. The Morgan fingerprint density at radius 2 is 2.11 bits per heavy atom. The summed E-state index contributed by atoms with van der Waals surface area (Å²) in [6.07, 6.45) is 7.11. The van der Waals surface area contributed by atoms with Gasteiger partial charge in [0, 0.05) is 23.8 Å². The van der Waals surface area contributed by atoms with Gasteiger partial charge in [0.1, 0.15) is 0 Å². The van der Waals surface area contributed by atoms with Crippen LogP contribution in [0.15, 0.2) is 0 Å². The van der Waals surface area contributed by atoms with Crippen LogP contribution >= 0.6 is 11.8 Å². The topological polar surface area (TPSA) is 78.4 Å². The molecule has 110 valence electrons. The minimum atomic E-state index is -0.788. The highest BCUT2D eigenvalue weighted by molar-refractivity contribution is 8.00. The van der Waals surface area contributed by atoms with Gasteiger partial charge in [-0.1, -0.05) is 6.42 Å². The van der Waals surface area contributed by atoms with Gasteiger partial charge < -0.3 is 15.7 Å². The Morgan fingerprint density at radius 1 is 1.42 bits per heavy atom. The second kappa shape index (κ2) is 7.62. The Kier molecular flexibility index (Phi) is 6.48. The summed E-state index contributed by atoms with van der Waals surface area (Å²) in [5, 5.41) is 14.3. The number of aliphatic carboxylic acids is 1. The number of carbonyl (C=O) groups excluding carboxylic acids is 1. The summed E-state index contributed by atoms with van der Waals surface area (Å²) in [4.78, 5) is 22.1. The van der Waals surface area contributed by atoms with Gasteiger partial charge in [0.2, 0.25) is 0 Å². The molecule has 6 heteroatoms. The van der Waals surface area contributed by atoms with Crippen LogP contribution in [0.25, 0.3) is 0 Å². The zero-order valence-corrected chi connectivity index (χ0v) is 12.5. The molecule has 1 aliphatic rings. The van der Waals surface area contributed by atoms with Gasteiger partial charge in [0.15, 0.2) is 0 Å². The number of nitrogens with one attached hydrogen (secondary N) is 2. The van der Waals surface area contributed by atoms with Crippen LogP contribution in [0.2, 0.25) is 0 Å². The van der Waals surface area contributed by atoms with Gasteiger partial charge in [-0.15, -0.1) is 0 Å². The van der Waals surface area contributed by atoms with Crippen molar-refractivity contribution >= 4 is 23.8 Å². The fourth-order valence-electron chi connectivity index (χ4n) is 2.17. The lowest BCUT2D eigenvalue weighted by atomic mass is 9.84. The van der Waals surface area contributed by atoms with Crippen molar-refractivity contribution in [1.82, 2.24) is 10.6 Å². The molecule has 1 unspecified atom stereocenters. The van der Waals surface area contributed by atoms with E-state index in [1.807, 2.05) is 18.7 Å². The number of urea groups is 1. The Bertz CT molecular complexity index is 314. The molecule has 1 atom stereocenters. The minimum absolute atomic E-state index is 0.00553. The SMILES string of the molecule is CSC1(CNC(=O)NC(C)CCCC(=O)O)CCC1. The van der Waals surface area contributed by atoms with Crippen LogP contribution in [0.5, 0.6) is 0 Å². The van der Waals surface area contributed by atoms with Crippen LogP contribution in [0.3, 0.4) is 0 Å². The van der Waals surface area contributed by atoms with Gasteiger partial charge in [-0.2, -0.15) is 11.8 Å². The van der Waals surface area contributed by atoms with E-state index < -0.39 is 5.97 Å². The van der Waals surface area contributed by atoms with Crippen molar-refractivity contribution in [3.05, 3.63) is 0 Å². The van der Waals surface area contributed by atoms with E-state index in [2.05, 4.69) is 16.9 Å². The van der Waals surface area contributed by atoms with E-state index in [9.17, 15) is 9.59 Å². The van der Waals surface area contributed by atoms with Crippen molar-refractivity contribution in [1.29, 1.82) is 0 Å². The van der Waals surface area contributed by atoms with Crippen molar-refractivity contribution in [3.63, 3.8) is 0 Å². The number of carbonyl (C=O) groups is 2. The molecule has 19 heavy (non-hydrogen) atoms. The molecule has 0 radical (unpaired) electrons. The lowest BCUT2D eigenvalue weighted by molar-refractivity contribution is -0.137. The van der Waals surface area contributed by atoms with Crippen molar-refractivity contribution in [2.24, 2.45) is 0 Å². The van der Waals surface area contributed by atoms with Gasteiger partial charge in [-0.05, 0) is 38.9 Å². The van der Waals surface area contributed by atoms with Crippen LogP contribution < -0.4 is 10.6 Å². The van der Waals surface area contributed by atoms with Gasteiger partial charge in [0.05, 0.1) is 0 Å². The highest BCUT2D eigenvalue weighted by Gasteiger charge is 2.36. The van der Waals surface area contributed by atoms with Gasteiger partial charge in [-0.25, -0.2) is 4.79 Å². The van der Waals surface area contributed by atoms with E-state index in [1.165, 1.54) is 19.3 Å². The fraction of sp³-hybridized carbons (Fsp3) is 0.846. The minimum Gasteiger partial charge on any atom is -0.481 e. The Morgan fingerprint density at radius 3 is 2.58 bits per heavy atom. The van der Waals surface area contributed by atoms with Gasteiger partial charge in [-0.3, -0.25) is 4.79 Å². The maximum absolute atomic E-state index is 11.7. The van der Waals surface area contributed by atoms with Crippen LogP contribution in [-0.4, -0.2) is 40.7 Å². The number of rotatable bonds is 8. The van der Waals surface area contributed by atoms with Gasteiger partial charge in [0.25, 0.3) is 0 Å². The molecule has 3 N–H and O–H groups in total. The molecule has 0 aromatic carbocycles. The molecule has 1 rings (SSSR count). The normalized spacial score (nSPS) is 18.2. The quantitative estimate of drug-likeness (QED) is 0.640. The molecule has 0 aromatic rings. The molecule has 0 spiro atoms. The second-order valence-corrected chi connectivity index (χ2v) is 6.53. The monoisotopic (exact) mass is 288 g/mol. The Labute approximate surface area is 118 Å². The van der Waals surface area contributed by atoms with E-state index in [0.717, 1.165) is 0 Å². The highest BCUT2D eigenvalue weighted by atomic mass is 32.2. The molecule has 0 bridgehead atoms. The molecule has 2 amide bonds. The molecular weight excluding hydrogens is 264 g/mol. The Hall–Kier alpha value is -0.910. The molecular formula is C13H24N2O3S. The Balaban J connectivity index is 2.14. The number of amides is 2. The molecule has 1 fully saturated rings. The smallest absolute Gasteiger partial charge is 0.315 e. The average molecular weight is 288 g/mol. The molecule has 1 aliphatic carbocycles. The number of carboxylic acids is 1. The predicted octanol–water partition coefficient (Wildman–Crippen LogP) is 2.21. The van der Waals surface area contributed by atoms with E-state index in [1.54, 1.807) is 0 Å². The summed E-state index contributed by atoms with van der Waals surface area (Å²) in [5.74, 6) is -0.788. The molecule has 5 nitrogen and oxygen atoms in total. The average Bonchev–Trinajstić information content (AvgIpc) is 2.27. The molecule has 0 saturated heterocycles. The third-order valence-electron chi connectivity index (χ3n) is 3.67. The summed E-state index contributed by atoms with van der Waals surface area (Å²) in [7, 11) is 0. The zero-order chi connectivity index (χ0) is 14.3. The summed E-state index contributed by atoms with van der Waals surface area (Å²) in [5.41, 5.74) is 0. The maximum Gasteiger partial charge on any atom is 0.315 e. The van der Waals surface area contributed by atoms with Crippen molar-refractivity contribution in [2.45, 2.75) is 56.2 Å².